The van der Waals surface area contributed by atoms with Gasteiger partial charge in [0.1, 0.15) is 17.4 Å². The molecule has 112 valence electrons. The van der Waals surface area contributed by atoms with Crippen LogP contribution in [0.3, 0.4) is 0 Å². The second-order valence-electron chi connectivity index (χ2n) is 4.83. The molecule has 0 radical (unpaired) electrons. The summed E-state index contributed by atoms with van der Waals surface area (Å²) < 4.78 is 5.72. The first-order valence-electron chi connectivity index (χ1n) is 6.97. The summed E-state index contributed by atoms with van der Waals surface area (Å²) in [4.78, 5) is 16.3. The summed E-state index contributed by atoms with van der Waals surface area (Å²) in [6.45, 7) is 4.49. The molecule has 4 nitrogen and oxygen atoms in total. The van der Waals surface area contributed by atoms with Crippen molar-refractivity contribution in [1.82, 2.24) is 4.98 Å². The number of aromatic nitrogens is 1. The third kappa shape index (κ3) is 4.56. The Morgan fingerprint density at radius 1 is 1.33 bits per heavy atom. The molecule has 0 aliphatic rings. The predicted octanol–water partition coefficient (Wildman–Crippen LogP) is 3.61. The standard InChI is InChI=1S/C16H19NO3S/c1-3-13-14(8-9-16(18)19)21-15(17-13)10-20-12-6-4-11(2)5-7-12/h4-7H,3,8-10H2,1-2H3,(H,18,19). The summed E-state index contributed by atoms with van der Waals surface area (Å²) in [5, 5.41) is 9.68. The zero-order chi connectivity index (χ0) is 15.2. The number of benzene rings is 1. The lowest BCUT2D eigenvalue weighted by Crippen LogP contribution is -1.98. The van der Waals surface area contributed by atoms with E-state index in [0.717, 1.165) is 27.7 Å². The molecule has 1 aromatic heterocycles. The molecule has 0 spiro atoms. The average molecular weight is 305 g/mol. The Kier molecular flexibility index (Phi) is 5.33. The van der Waals surface area contributed by atoms with Gasteiger partial charge in [-0.25, -0.2) is 4.98 Å². The van der Waals surface area contributed by atoms with E-state index >= 15 is 0 Å². The van der Waals surface area contributed by atoms with Crippen molar-refractivity contribution in [2.45, 2.75) is 39.7 Å². The Hall–Kier alpha value is -1.88. The lowest BCUT2D eigenvalue weighted by molar-refractivity contribution is -0.136. The number of aliphatic carboxylic acids is 1. The minimum Gasteiger partial charge on any atom is -0.486 e. The fourth-order valence-electron chi connectivity index (χ4n) is 1.97. The van der Waals surface area contributed by atoms with Crippen LogP contribution < -0.4 is 4.74 Å². The largest absolute Gasteiger partial charge is 0.486 e. The normalized spacial score (nSPS) is 10.6. The number of rotatable bonds is 7. The van der Waals surface area contributed by atoms with Gasteiger partial charge in [0.05, 0.1) is 12.1 Å². The van der Waals surface area contributed by atoms with E-state index in [4.69, 9.17) is 9.84 Å². The number of carboxylic acids is 1. The van der Waals surface area contributed by atoms with Gasteiger partial charge in [0.15, 0.2) is 0 Å². The van der Waals surface area contributed by atoms with E-state index in [1.165, 1.54) is 5.56 Å². The summed E-state index contributed by atoms with van der Waals surface area (Å²) in [6, 6.07) is 7.89. The molecule has 5 heteroatoms. The Morgan fingerprint density at radius 3 is 2.67 bits per heavy atom. The van der Waals surface area contributed by atoms with Crippen LogP contribution in [0.5, 0.6) is 5.75 Å². The van der Waals surface area contributed by atoms with E-state index in [1.54, 1.807) is 11.3 Å². The number of nitrogens with zero attached hydrogens (tertiary/aromatic N) is 1. The molecule has 1 N–H and O–H groups in total. The van der Waals surface area contributed by atoms with E-state index in [0.29, 0.717) is 13.0 Å². The molecule has 1 heterocycles. The summed E-state index contributed by atoms with van der Waals surface area (Å²) in [5.41, 5.74) is 2.18. The summed E-state index contributed by atoms with van der Waals surface area (Å²) in [6.07, 6.45) is 1.50. The molecule has 0 aliphatic heterocycles. The van der Waals surface area contributed by atoms with Crippen molar-refractivity contribution < 1.29 is 14.6 Å². The highest BCUT2D eigenvalue weighted by atomic mass is 32.1. The lowest BCUT2D eigenvalue weighted by atomic mass is 10.2. The van der Waals surface area contributed by atoms with Crippen LogP contribution >= 0.6 is 11.3 Å². The Bertz CT molecular complexity index is 604. The third-order valence-electron chi connectivity index (χ3n) is 3.11. The van der Waals surface area contributed by atoms with Crippen molar-refractivity contribution >= 4 is 17.3 Å². The molecule has 0 atom stereocenters. The smallest absolute Gasteiger partial charge is 0.303 e. The molecule has 2 aromatic rings. The first-order chi connectivity index (χ1) is 10.1. The predicted molar refractivity (Wildman–Crippen MR) is 83.0 cm³/mol. The number of hydrogen-bond acceptors (Lipinski definition) is 4. The van der Waals surface area contributed by atoms with E-state index in [2.05, 4.69) is 4.98 Å². The number of hydrogen-bond donors (Lipinski definition) is 1. The topological polar surface area (TPSA) is 59.4 Å². The van der Waals surface area contributed by atoms with Crippen LogP contribution in [0.2, 0.25) is 0 Å². The van der Waals surface area contributed by atoms with Gasteiger partial charge < -0.3 is 9.84 Å². The van der Waals surface area contributed by atoms with Crippen LogP contribution in [0.25, 0.3) is 0 Å². The van der Waals surface area contributed by atoms with Crippen LogP contribution in [-0.2, 0) is 24.2 Å². The molecule has 1 aromatic carbocycles. The first-order valence-corrected chi connectivity index (χ1v) is 7.79. The molecule has 0 aliphatic carbocycles. The van der Waals surface area contributed by atoms with Crippen molar-refractivity contribution in [2.24, 2.45) is 0 Å². The summed E-state index contributed by atoms with van der Waals surface area (Å²) in [5.74, 6) is 0.0452. The first kappa shape index (κ1) is 15.5. The van der Waals surface area contributed by atoms with Crippen LogP contribution in [0.1, 0.15) is 34.5 Å². The third-order valence-corrected chi connectivity index (χ3v) is 4.24. The quantitative estimate of drug-likeness (QED) is 0.849. The van der Waals surface area contributed by atoms with Crippen molar-refractivity contribution in [3.8, 4) is 5.75 Å². The second kappa shape index (κ2) is 7.22. The molecule has 0 fully saturated rings. The number of ether oxygens (including phenoxy) is 1. The van der Waals surface area contributed by atoms with Crippen molar-refractivity contribution in [1.29, 1.82) is 0 Å². The molecule has 0 bridgehead atoms. The van der Waals surface area contributed by atoms with E-state index < -0.39 is 5.97 Å². The molecule has 0 saturated heterocycles. The maximum atomic E-state index is 10.7. The van der Waals surface area contributed by atoms with Gasteiger partial charge in [0.2, 0.25) is 0 Å². The molecule has 21 heavy (non-hydrogen) atoms. The van der Waals surface area contributed by atoms with E-state index in [1.807, 2.05) is 38.1 Å². The van der Waals surface area contributed by atoms with Gasteiger partial charge in [-0.15, -0.1) is 11.3 Å². The molecular formula is C16H19NO3S. The summed E-state index contributed by atoms with van der Waals surface area (Å²) in [7, 11) is 0. The Morgan fingerprint density at radius 2 is 2.05 bits per heavy atom. The number of thiazole rings is 1. The number of aryl methyl sites for hydroxylation is 3. The minimum absolute atomic E-state index is 0.146. The van der Waals surface area contributed by atoms with E-state index in [-0.39, 0.29) is 6.42 Å². The van der Waals surface area contributed by atoms with Crippen LogP contribution in [0.15, 0.2) is 24.3 Å². The van der Waals surface area contributed by atoms with Crippen molar-refractivity contribution in [3.05, 3.63) is 45.4 Å². The molecule has 2 rings (SSSR count). The zero-order valence-electron chi connectivity index (χ0n) is 12.3. The average Bonchev–Trinajstić information content (AvgIpc) is 2.87. The van der Waals surface area contributed by atoms with Gasteiger partial charge in [-0.05, 0) is 31.9 Å². The van der Waals surface area contributed by atoms with Gasteiger partial charge in [-0.1, -0.05) is 24.6 Å². The zero-order valence-corrected chi connectivity index (χ0v) is 13.1. The van der Waals surface area contributed by atoms with Crippen molar-refractivity contribution in [3.63, 3.8) is 0 Å². The molecular weight excluding hydrogens is 286 g/mol. The highest BCUT2D eigenvalue weighted by Crippen LogP contribution is 2.23. The van der Waals surface area contributed by atoms with Crippen molar-refractivity contribution in [2.75, 3.05) is 0 Å². The fraction of sp³-hybridized carbons (Fsp3) is 0.375. The fourth-order valence-corrected chi connectivity index (χ4v) is 3.04. The van der Waals surface area contributed by atoms with Crippen LogP contribution in [-0.4, -0.2) is 16.1 Å². The molecule has 0 unspecified atom stereocenters. The van der Waals surface area contributed by atoms with Gasteiger partial charge >= 0.3 is 5.97 Å². The van der Waals surface area contributed by atoms with Crippen LogP contribution in [0.4, 0.5) is 0 Å². The summed E-state index contributed by atoms with van der Waals surface area (Å²) >= 11 is 1.55. The van der Waals surface area contributed by atoms with Gasteiger partial charge in [-0.2, -0.15) is 0 Å². The molecule has 0 amide bonds. The van der Waals surface area contributed by atoms with Gasteiger partial charge in [0.25, 0.3) is 0 Å². The highest BCUT2D eigenvalue weighted by Gasteiger charge is 2.11. The molecule has 0 saturated carbocycles. The number of carboxylic acid groups (broad SMARTS) is 1. The Balaban J connectivity index is 1.99. The van der Waals surface area contributed by atoms with E-state index in [9.17, 15) is 4.79 Å². The maximum absolute atomic E-state index is 10.7. The van der Waals surface area contributed by atoms with Gasteiger partial charge in [0, 0.05) is 4.88 Å². The minimum atomic E-state index is -0.775. The monoisotopic (exact) mass is 305 g/mol. The lowest BCUT2D eigenvalue weighted by Gasteiger charge is -2.03. The van der Waals surface area contributed by atoms with Crippen LogP contribution in [0, 0.1) is 6.92 Å². The highest BCUT2D eigenvalue weighted by molar-refractivity contribution is 7.11. The maximum Gasteiger partial charge on any atom is 0.303 e. The number of carbonyl (C=O) groups is 1. The SMILES string of the molecule is CCc1nc(COc2ccc(C)cc2)sc1CCC(=O)O. The Labute approximate surface area is 128 Å². The van der Waals surface area contributed by atoms with Gasteiger partial charge in [-0.3, -0.25) is 4.79 Å². The second-order valence-corrected chi connectivity index (χ2v) is 5.99.